The maximum absolute atomic E-state index is 13.4. The molecule has 0 spiro atoms. The van der Waals surface area contributed by atoms with Crippen LogP contribution in [0.4, 0.5) is 5.82 Å². The number of sulfone groups is 1. The molecule has 1 aromatic heterocycles. The zero-order valence-corrected chi connectivity index (χ0v) is 17.4. The first kappa shape index (κ1) is 20.3. The minimum atomic E-state index is -3.75. The summed E-state index contributed by atoms with van der Waals surface area (Å²) >= 11 is 6.23. The second-order valence-corrected chi connectivity index (χ2v) is 10.6. The topological polar surface area (TPSA) is 109 Å². The predicted octanol–water partition coefficient (Wildman–Crippen LogP) is 3.10. The molecule has 2 N–H and O–H groups in total. The lowest BCUT2D eigenvalue weighted by Gasteiger charge is -2.40. The first-order valence-corrected chi connectivity index (χ1v) is 11.5. The van der Waals surface area contributed by atoms with Crippen molar-refractivity contribution in [2.24, 2.45) is 11.8 Å². The summed E-state index contributed by atoms with van der Waals surface area (Å²) in [4.78, 5) is 12.5. The van der Waals surface area contributed by atoms with Gasteiger partial charge in [0.1, 0.15) is 0 Å². The molecule has 4 atom stereocenters. The van der Waals surface area contributed by atoms with Gasteiger partial charge in [0.2, 0.25) is 0 Å². The standard InChI is InChI=1S/C20H22ClN3O4S/c1-20(26)13-5-6-14(20)11-15(10-13)29(27,28)17-9-12(4-7-16(17)21)19(25)23-18-3-2-8-22-24-18/h2-4,7-9,13-15,26H,5-6,10-11H2,1H3,(H,23,24,25)/t13-,14?,15?,20?/m1/s1. The number of amides is 1. The highest BCUT2D eigenvalue weighted by molar-refractivity contribution is 7.92. The number of nitrogens with zero attached hydrogens (tertiary/aromatic N) is 2. The number of nitrogens with one attached hydrogen (secondary N) is 1. The summed E-state index contributed by atoms with van der Waals surface area (Å²) in [5, 5.41) is 20.2. The van der Waals surface area contributed by atoms with E-state index in [4.69, 9.17) is 11.6 Å². The number of benzene rings is 1. The van der Waals surface area contributed by atoms with E-state index in [0.29, 0.717) is 12.8 Å². The molecule has 2 saturated carbocycles. The molecule has 9 heteroatoms. The zero-order valence-electron chi connectivity index (χ0n) is 15.9. The minimum Gasteiger partial charge on any atom is -0.390 e. The fourth-order valence-electron chi connectivity index (χ4n) is 4.62. The van der Waals surface area contributed by atoms with E-state index < -0.39 is 26.6 Å². The molecule has 2 aliphatic carbocycles. The Morgan fingerprint density at radius 1 is 1.24 bits per heavy atom. The molecular formula is C20H22ClN3O4S. The van der Waals surface area contributed by atoms with Crippen molar-refractivity contribution in [2.75, 3.05) is 5.32 Å². The van der Waals surface area contributed by atoms with E-state index in [1.54, 1.807) is 12.1 Å². The maximum atomic E-state index is 13.4. The Kier molecular flexibility index (Phi) is 5.13. The third kappa shape index (κ3) is 3.65. The summed E-state index contributed by atoms with van der Waals surface area (Å²) in [7, 11) is -3.75. The van der Waals surface area contributed by atoms with Gasteiger partial charge in [-0.1, -0.05) is 11.6 Å². The van der Waals surface area contributed by atoms with Crippen LogP contribution in [0.1, 0.15) is 43.0 Å². The summed E-state index contributed by atoms with van der Waals surface area (Å²) in [5.41, 5.74) is -0.640. The highest BCUT2D eigenvalue weighted by Gasteiger charge is 2.53. The van der Waals surface area contributed by atoms with Gasteiger partial charge in [-0.05, 0) is 74.8 Å². The molecule has 2 fully saturated rings. The summed E-state index contributed by atoms with van der Waals surface area (Å²) in [6, 6.07) is 7.43. The number of hydrogen-bond donors (Lipinski definition) is 2. The molecule has 3 unspecified atom stereocenters. The van der Waals surface area contributed by atoms with Crippen LogP contribution in [0, 0.1) is 11.8 Å². The van der Waals surface area contributed by atoms with Crippen molar-refractivity contribution in [1.29, 1.82) is 0 Å². The molecule has 4 rings (SSSR count). The van der Waals surface area contributed by atoms with Crippen LogP contribution in [-0.2, 0) is 9.84 Å². The number of aliphatic hydroxyl groups is 1. The Bertz CT molecular complexity index is 1030. The smallest absolute Gasteiger partial charge is 0.256 e. The molecular weight excluding hydrogens is 414 g/mol. The SMILES string of the molecule is CC1(O)C2CC[C@@H]1CC(S(=O)(=O)c1cc(C(=O)Nc3cccnn3)ccc1Cl)C2. The maximum Gasteiger partial charge on any atom is 0.256 e. The van der Waals surface area contributed by atoms with Crippen molar-refractivity contribution < 1.29 is 18.3 Å². The van der Waals surface area contributed by atoms with Gasteiger partial charge in [0, 0.05) is 11.8 Å². The molecule has 0 aliphatic heterocycles. The van der Waals surface area contributed by atoms with E-state index >= 15 is 0 Å². The van der Waals surface area contributed by atoms with Crippen LogP contribution in [0.2, 0.25) is 5.02 Å². The van der Waals surface area contributed by atoms with Crippen LogP contribution in [0.5, 0.6) is 0 Å². The lowest BCUT2D eigenvalue weighted by molar-refractivity contribution is -0.0413. The van der Waals surface area contributed by atoms with Crippen LogP contribution >= 0.6 is 11.6 Å². The Labute approximate surface area is 174 Å². The fraction of sp³-hybridized carbons (Fsp3) is 0.450. The Hall–Kier alpha value is -2.03. The quantitative estimate of drug-likeness (QED) is 0.763. The highest BCUT2D eigenvalue weighted by Crippen LogP contribution is 2.51. The van der Waals surface area contributed by atoms with Crippen LogP contribution in [-0.4, -0.2) is 40.5 Å². The van der Waals surface area contributed by atoms with Crippen LogP contribution in [0.25, 0.3) is 0 Å². The molecule has 1 amide bonds. The number of carbonyl (C=O) groups is 1. The average Bonchev–Trinajstić information content (AvgIpc) is 2.86. The van der Waals surface area contributed by atoms with Crippen LogP contribution in [0.15, 0.2) is 41.4 Å². The van der Waals surface area contributed by atoms with Gasteiger partial charge in [0.05, 0.1) is 20.8 Å². The summed E-state index contributed by atoms with van der Waals surface area (Å²) < 4.78 is 26.7. The Morgan fingerprint density at radius 2 is 1.93 bits per heavy atom. The molecule has 1 aromatic carbocycles. The Morgan fingerprint density at radius 3 is 2.55 bits per heavy atom. The molecule has 154 valence electrons. The number of anilines is 1. The molecule has 2 aliphatic rings. The van der Waals surface area contributed by atoms with E-state index in [-0.39, 0.29) is 33.1 Å². The van der Waals surface area contributed by atoms with Crippen molar-refractivity contribution in [3.05, 3.63) is 47.1 Å². The van der Waals surface area contributed by atoms with Gasteiger partial charge in [-0.15, -0.1) is 5.10 Å². The fourth-order valence-corrected chi connectivity index (χ4v) is 7.02. The third-order valence-electron chi connectivity index (χ3n) is 6.36. The van der Waals surface area contributed by atoms with Gasteiger partial charge in [0.15, 0.2) is 15.7 Å². The number of carbonyl (C=O) groups excluding carboxylic acids is 1. The number of hydrogen-bond acceptors (Lipinski definition) is 6. The summed E-state index contributed by atoms with van der Waals surface area (Å²) in [5.74, 6) is -0.306. The van der Waals surface area contributed by atoms with E-state index in [9.17, 15) is 18.3 Å². The first-order valence-electron chi connectivity index (χ1n) is 9.54. The van der Waals surface area contributed by atoms with Gasteiger partial charge >= 0.3 is 0 Å². The number of halogens is 1. The van der Waals surface area contributed by atoms with Gasteiger partial charge in [-0.25, -0.2) is 8.42 Å². The molecule has 1 heterocycles. The van der Waals surface area contributed by atoms with E-state index in [0.717, 1.165) is 12.8 Å². The van der Waals surface area contributed by atoms with Crippen molar-refractivity contribution in [3.63, 3.8) is 0 Å². The van der Waals surface area contributed by atoms with Gasteiger partial charge in [-0.3, -0.25) is 4.79 Å². The van der Waals surface area contributed by atoms with Crippen molar-refractivity contribution >= 4 is 33.2 Å². The van der Waals surface area contributed by atoms with Gasteiger partial charge in [0.25, 0.3) is 5.91 Å². The van der Waals surface area contributed by atoms with E-state index in [2.05, 4.69) is 15.5 Å². The summed E-state index contributed by atoms with van der Waals surface area (Å²) in [6.07, 6.45) is 3.95. The second-order valence-electron chi connectivity index (χ2n) is 8.04. The van der Waals surface area contributed by atoms with Crippen molar-refractivity contribution in [1.82, 2.24) is 10.2 Å². The van der Waals surface area contributed by atoms with Gasteiger partial charge < -0.3 is 10.4 Å². The summed E-state index contributed by atoms with van der Waals surface area (Å²) in [6.45, 7) is 1.81. The normalized spacial score (nSPS) is 28.9. The number of rotatable bonds is 4. The lowest BCUT2D eigenvalue weighted by Crippen LogP contribution is -2.45. The van der Waals surface area contributed by atoms with E-state index in [1.807, 2.05) is 6.92 Å². The lowest BCUT2D eigenvalue weighted by atomic mass is 9.76. The molecule has 0 radical (unpaired) electrons. The second kappa shape index (κ2) is 7.34. The minimum absolute atomic E-state index is 0.0389. The molecule has 29 heavy (non-hydrogen) atoms. The van der Waals surface area contributed by atoms with Crippen molar-refractivity contribution in [2.45, 2.75) is 48.4 Å². The van der Waals surface area contributed by atoms with Gasteiger partial charge in [-0.2, -0.15) is 5.10 Å². The molecule has 2 aromatic rings. The highest BCUT2D eigenvalue weighted by atomic mass is 35.5. The monoisotopic (exact) mass is 435 g/mol. The molecule has 0 saturated heterocycles. The number of aromatic nitrogens is 2. The zero-order chi connectivity index (χ0) is 20.8. The molecule has 7 nitrogen and oxygen atoms in total. The third-order valence-corrected chi connectivity index (χ3v) is 9.02. The van der Waals surface area contributed by atoms with E-state index in [1.165, 1.54) is 24.4 Å². The van der Waals surface area contributed by atoms with Crippen LogP contribution < -0.4 is 5.32 Å². The average molecular weight is 436 g/mol. The van der Waals surface area contributed by atoms with Crippen LogP contribution in [0.3, 0.4) is 0 Å². The van der Waals surface area contributed by atoms with Crippen molar-refractivity contribution in [3.8, 4) is 0 Å². The Balaban J connectivity index is 1.61. The number of fused-ring (bicyclic) bond motifs is 2. The first-order chi connectivity index (χ1) is 13.7. The molecule has 2 bridgehead atoms. The predicted molar refractivity (Wildman–Crippen MR) is 108 cm³/mol. The largest absolute Gasteiger partial charge is 0.390 e.